The first-order chi connectivity index (χ1) is 13.1. The maximum absolute atomic E-state index is 12.7. The van der Waals surface area contributed by atoms with Gasteiger partial charge in [-0.1, -0.05) is 40.7 Å². The first-order valence-electron chi connectivity index (χ1n) is 9.25. The van der Waals surface area contributed by atoms with Gasteiger partial charge in [-0.15, -0.1) is 0 Å². The molecule has 0 radical (unpaired) electrons. The van der Waals surface area contributed by atoms with E-state index in [0.29, 0.717) is 6.61 Å². The third-order valence-corrected chi connectivity index (χ3v) is 5.21. The van der Waals surface area contributed by atoms with E-state index in [1.54, 1.807) is 6.08 Å². The fourth-order valence-corrected chi connectivity index (χ4v) is 3.56. The van der Waals surface area contributed by atoms with Gasteiger partial charge in [0.1, 0.15) is 12.4 Å². The lowest BCUT2D eigenvalue weighted by Gasteiger charge is -2.32. The predicted octanol–water partition coefficient (Wildman–Crippen LogP) is 4.86. The fourth-order valence-electron chi connectivity index (χ4n) is 3.30. The molecule has 0 aromatic heterocycles. The number of hydrogen-bond donors (Lipinski definition) is 1. The van der Waals surface area contributed by atoms with E-state index < -0.39 is 0 Å². The van der Waals surface area contributed by atoms with Gasteiger partial charge in [0.05, 0.1) is 5.92 Å². The lowest BCUT2D eigenvalue weighted by Crippen LogP contribution is -2.40. The SMILES string of the molecule is C=CCOc1ccc(NC(=O)C2CCCN(Cc3ccc(Br)cc3)C2)cc1. The van der Waals surface area contributed by atoms with E-state index in [1.807, 2.05) is 24.3 Å². The number of piperidine rings is 1. The van der Waals surface area contributed by atoms with Crippen molar-refractivity contribution >= 4 is 27.5 Å². The van der Waals surface area contributed by atoms with Gasteiger partial charge < -0.3 is 10.1 Å². The largest absolute Gasteiger partial charge is 0.490 e. The summed E-state index contributed by atoms with van der Waals surface area (Å²) in [5.74, 6) is 0.882. The van der Waals surface area contributed by atoms with Crippen molar-refractivity contribution in [1.29, 1.82) is 0 Å². The molecule has 1 amide bonds. The monoisotopic (exact) mass is 428 g/mol. The zero-order chi connectivity index (χ0) is 19.1. The van der Waals surface area contributed by atoms with Gasteiger partial charge in [-0.25, -0.2) is 0 Å². The lowest BCUT2D eigenvalue weighted by atomic mass is 9.96. The van der Waals surface area contributed by atoms with Crippen LogP contribution in [0, 0.1) is 5.92 Å². The Bertz CT molecular complexity index is 759. The third kappa shape index (κ3) is 5.94. The highest BCUT2D eigenvalue weighted by atomic mass is 79.9. The number of nitrogens with one attached hydrogen (secondary N) is 1. The molecule has 1 atom stereocenters. The van der Waals surface area contributed by atoms with Gasteiger partial charge in [-0.3, -0.25) is 9.69 Å². The van der Waals surface area contributed by atoms with E-state index in [-0.39, 0.29) is 11.8 Å². The minimum absolute atomic E-state index is 0.0193. The summed E-state index contributed by atoms with van der Waals surface area (Å²) in [4.78, 5) is 15.0. The van der Waals surface area contributed by atoms with Crippen LogP contribution in [0.5, 0.6) is 5.75 Å². The Balaban J connectivity index is 1.53. The molecule has 0 aliphatic carbocycles. The van der Waals surface area contributed by atoms with Gasteiger partial charge in [0.15, 0.2) is 0 Å². The van der Waals surface area contributed by atoms with Crippen LogP contribution in [0.3, 0.4) is 0 Å². The molecule has 1 unspecified atom stereocenters. The van der Waals surface area contributed by atoms with Crippen molar-refractivity contribution in [3.05, 3.63) is 71.2 Å². The van der Waals surface area contributed by atoms with Crippen LogP contribution >= 0.6 is 15.9 Å². The molecule has 0 spiro atoms. The molecule has 3 rings (SSSR count). The number of anilines is 1. The molecule has 0 saturated carbocycles. The van der Waals surface area contributed by atoms with E-state index in [9.17, 15) is 4.79 Å². The van der Waals surface area contributed by atoms with Gasteiger partial charge in [0.25, 0.3) is 0 Å². The van der Waals surface area contributed by atoms with Crippen LogP contribution in [0.1, 0.15) is 18.4 Å². The van der Waals surface area contributed by atoms with Crippen LogP contribution in [0.15, 0.2) is 65.7 Å². The minimum atomic E-state index is 0.0193. The summed E-state index contributed by atoms with van der Waals surface area (Å²) >= 11 is 3.47. The Morgan fingerprint density at radius 3 is 2.67 bits per heavy atom. The van der Waals surface area contributed by atoms with Gasteiger partial charge in [-0.05, 0) is 61.3 Å². The summed E-state index contributed by atoms with van der Waals surface area (Å²) in [6.45, 7) is 6.82. The Labute approximate surface area is 169 Å². The molecular weight excluding hydrogens is 404 g/mol. The van der Waals surface area contributed by atoms with E-state index in [0.717, 1.165) is 48.4 Å². The summed E-state index contributed by atoms with van der Waals surface area (Å²) in [6, 6.07) is 15.8. The maximum Gasteiger partial charge on any atom is 0.228 e. The minimum Gasteiger partial charge on any atom is -0.490 e. The number of hydrogen-bond acceptors (Lipinski definition) is 3. The number of nitrogens with zero attached hydrogens (tertiary/aromatic N) is 1. The number of amides is 1. The Morgan fingerprint density at radius 2 is 1.96 bits per heavy atom. The number of halogens is 1. The number of carbonyl (C=O) groups excluding carboxylic acids is 1. The first-order valence-corrected chi connectivity index (χ1v) is 10.0. The van der Waals surface area contributed by atoms with Crippen molar-refractivity contribution in [3.63, 3.8) is 0 Å². The van der Waals surface area contributed by atoms with Crippen LogP contribution < -0.4 is 10.1 Å². The van der Waals surface area contributed by atoms with Crippen LogP contribution in [0.25, 0.3) is 0 Å². The molecule has 1 heterocycles. The lowest BCUT2D eigenvalue weighted by molar-refractivity contribution is -0.121. The average molecular weight is 429 g/mol. The molecule has 4 nitrogen and oxygen atoms in total. The topological polar surface area (TPSA) is 41.6 Å². The summed E-state index contributed by atoms with van der Waals surface area (Å²) in [7, 11) is 0. The van der Waals surface area contributed by atoms with E-state index >= 15 is 0 Å². The fraction of sp³-hybridized carbons (Fsp3) is 0.318. The highest BCUT2D eigenvalue weighted by Crippen LogP contribution is 2.22. The van der Waals surface area contributed by atoms with Crippen molar-refractivity contribution < 1.29 is 9.53 Å². The summed E-state index contributed by atoms with van der Waals surface area (Å²) in [5, 5.41) is 3.04. The maximum atomic E-state index is 12.7. The van der Waals surface area contributed by atoms with Gasteiger partial charge >= 0.3 is 0 Å². The highest BCUT2D eigenvalue weighted by molar-refractivity contribution is 9.10. The molecule has 2 aromatic rings. The standard InChI is InChI=1S/C22H25BrN2O2/c1-2-14-27-21-11-9-20(10-12-21)24-22(26)18-4-3-13-25(16-18)15-17-5-7-19(23)8-6-17/h2,5-12,18H,1,3-4,13-16H2,(H,24,26). The second kappa shape index (κ2) is 9.72. The van der Waals surface area contributed by atoms with Crippen molar-refractivity contribution in [2.24, 2.45) is 5.92 Å². The molecular formula is C22H25BrN2O2. The quantitative estimate of drug-likeness (QED) is 0.639. The second-order valence-electron chi connectivity index (χ2n) is 6.81. The molecule has 5 heteroatoms. The number of rotatable bonds is 7. The third-order valence-electron chi connectivity index (χ3n) is 4.69. The van der Waals surface area contributed by atoms with Gasteiger partial charge in [-0.2, -0.15) is 0 Å². The van der Waals surface area contributed by atoms with E-state index in [4.69, 9.17) is 4.74 Å². The zero-order valence-electron chi connectivity index (χ0n) is 15.4. The molecule has 1 aliphatic rings. The molecule has 1 fully saturated rings. The predicted molar refractivity (Wildman–Crippen MR) is 113 cm³/mol. The Hall–Kier alpha value is -2.11. The second-order valence-corrected chi connectivity index (χ2v) is 7.73. The smallest absolute Gasteiger partial charge is 0.228 e. The molecule has 1 saturated heterocycles. The Morgan fingerprint density at radius 1 is 1.22 bits per heavy atom. The van der Waals surface area contributed by atoms with Crippen LogP contribution in [-0.4, -0.2) is 30.5 Å². The molecule has 1 aliphatic heterocycles. The highest BCUT2D eigenvalue weighted by Gasteiger charge is 2.25. The molecule has 2 aromatic carbocycles. The number of likely N-dealkylation sites (tertiary alicyclic amines) is 1. The first kappa shape index (κ1) is 19.6. The van der Waals surface area contributed by atoms with Gasteiger partial charge in [0.2, 0.25) is 5.91 Å². The number of carbonyl (C=O) groups is 1. The van der Waals surface area contributed by atoms with Gasteiger partial charge in [0, 0.05) is 23.2 Å². The van der Waals surface area contributed by atoms with Crippen molar-refractivity contribution in [1.82, 2.24) is 4.90 Å². The normalized spacial score (nSPS) is 17.3. The van der Waals surface area contributed by atoms with Crippen molar-refractivity contribution in [3.8, 4) is 5.75 Å². The summed E-state index contributed by atoms with van der Waals surface area (Å²) in [5.41, 5.74) is 2.07. The number of benzene rings is 2. The summed E-state index contributed by atoms with van der Waals surface area (Å²) in [6.07, 6.45) is 3.69. The van der Waals surface area contributed by atoms with E-state index in [2.05, 4.69) is 57.0 Å². The van der Waals surface area contributed by atoms with Crippen LogP contribution in [0.4, 0.5) is 5.69 Å². The Kier molecular flexibility index (Phi) is 7.07. The molecule has 142 valence electrons. The van der Waals surface area contributed by atoms with Crippen molar-refractivity contribution in [2.75, 3.05) is 25.0 Å². The zero-order valence-corrected chi connectivity index (χ0v) is 17.0. The molecule has 0 bridgehead atoms. The van der Waals surface area contributed by atoms with Crippen molar-refractivity contribution in [2.45, 2.75) is 19.4 Å². The van der Waals surface area contributed by atoms with Crippen LogP contribution in [0.2, 0.25) is 0 Å². The summed E-state index contributed by atoms with van der Waals surface area (Å²) < 4.78 is 6.56. The molecule has 1 N–H and O–H groups in total. The average Bonchev–Trinajstić information content (AvgIpc) is 2.69. The number of ether oxygens (including phenoxy) is 1. The van der Waals surface area contributed by atoms with E-state index in [1.165, 1.54) is 5.56 Å². The van der Waals surface area contributed by atoms with Crippen LogP contribution in [-0.2, 0) is 11.3 Å². The molecule has 27 heavy (non-hydrogen) atoms.